The Kier molecular flexibility index (Phi) is 9.63. The average molecular weight is 769 g/mol. The maximum Gasteiger partial charge on any atom is 0.319 e. The number of carbonyl (C=O) groups is 3. The molecule has 2 aliphatic carbocycles. The highest BCUT2D eigenvalue weighted by Crippen LogP contribution is 2.48. The number of methoxy groups -OCH3 is 1. The minimum absolute atomic E-state index is 0.00908. The number of ether oxygens (including phenoxy) is 2. The van der Waals surface area contributed by atoms with E-state index in [1.165, 1.54) is 12.0 Å². The van der Waals surface area contributed by atoms with Crippen LogP contribution in [0.3, 0.4) is 0 Å². The van der Waals surface area contributed by atoms with Gasteiger partial charge in [0.05, 0.1) is 29.6 Å². The molecule has 1 aromatic carbocycles. The zero-order valence-electron chi connectivity index (χ0n) is 30.5. The van der Waals surface area contributed by atoms with Gasteiger partial charge < -0.3 is 29.1 Å². The standard InChI is InChI=1S/C37H45ClN6O8S/c1-21(2)29-18-26(41-52-29)25-17-30(24-11-12-28(50-5)31(38)32(24)39-25)51-23-16-27-33(45)43(4)15-9-7-6-8-10-22-19-37(22,40-35(47)44(27)20-23)34(46)42-53(48,49)36(3)13-14-36/h8,10-12,17-18,21-23,27H,6-7,9,13-16,19-20H2,1-5H3,(H,40,47)(H,42,46)/b10-8+/t22-,23+,27+,37-/m1/s1. The van der Waals surface area contributed by atoms with Gasteiger partial charge >= 0.3 is 6.03 Å². The molecule has 4 heterocycles. The van der Waals surface area contributed by atoms with Gasteiger partial charge in [-0.3, -0.25) is 14.3 Å². The lowest BCUT2D eigenvalue weighted by Crippen LogP contribution is -2.58. The predicted octanol–water partition coefficient (Wildman–Crippen LogP) is 5.16. The summed E-state index contributed by atoms with van der Waals surface area (Å²) in [6, 6.07) is 5.47. The second-order valence-corrected chi connectivity index (χ2v) is 17.8. The molecular weight excluding hydrogens is 724 g/mol. The van der Waals surface area contributed by atoms with Crippen molar-refractivity contribution in [2.75, 3.05) is 27.2 Å². The van der Waals surface area contributed by atoms with Crippen LogP contribution in [0, 0.1) is 5.92 Å². The number of nitrogens with one attached hydrogen (secondary N) is 2. The van der Waals surface area contributed by atoms with E-state index >= 15 is 0 Å². The van der Waals surface area contributed by atoms with Gasteiger partial charge in [0.15, 0.2) is 0 Å². The molecule has 0 bridgehead atoms. The van der Waals surface area contributed by atoms with E-state index in [4.69, 9.17) is 30.6 Å². The number of rotatable bonds is 8. The summed E-state index contributed by atoms with van der Waals surface area (Å²) >= 11 is 6.77. The third kappa shape index (κ3) is 6.93. The fourth-order valence-electron chi connectivity index (χ4n) is 7.06. The minimum atomic E-state index is -3.96. The number of nitrogens with zero attached hydrogens (tertiary/aromatic N) is 4. The van der Waals surface area contributed by atoms with Gasteiger partial charge in [0.25, 0.3) is 5.91 Å². The molecule has 2 aliphatic heterocycles. The molecule has 0 unspecified atom stereocenters. The summed E-state index contributed by atoms with van der Waals surface area (Å²) in [6.45, 7) is 6.09. The highest BCUT2D eigenvalue weighted by molar-refractivity contribution is 7.91. The molecule has 1 saturated heterocycles. The predicted molar refractivity (Wildman–Crippen MR) is 197 cm³/mol. The maximum absolute atomic E-state index is 14.2. The molecule has 4 amide bonds. The van der Waals surface area contributed by atoms with Crippen LogP contribution in [0.4, 0.5) is 4.79 Å². The van der Waals surface area contributed by atoms with Crippen LogP contribution in [-0.4, -0.2) is 95.9 Å². The van der Waals surface area contributed by atoms with Crippen molar-refractivity contribution in [3.8, 4) is 22.9 Å². The molecule has 16 heteroatoms. The van der Waals surface area contributed by atoms with E-state index in [0.29, 0.717) is 58.9 Å². The lowest BCUT2D eigenvalue weighted by atomic mass is 10.1. The summed E-state index contributed by atoms with van der Waals surface area (Å²) in [5, 5.41) is 7.96. The largest absolute Gasteiger partial charge is 0.495 e. The number of benzene rings is 1. The van der Waals surface area contributed by atoms with Crippen molar-refractivity contribution >= 4 is 50.4 Å². The highest BCUT2D eigenvalue weighted by Gasteiger charge is 2.63. The quantitative estimate of drug-likeness (QED) is 0.292. The Morgan fingerprint density at radius 1 is 1.15 bits per heavy atom. The van der Waals surface area contributed by atoms with Gasteiger partial charge in [-0.25, -0.2) is 18.2 Å². The SMILES string of the molecule is COc1ccc2c(O[C@H]3C[C@H]4C(=O)N(C)CCCC/C=C/[C@@H]5C[C@@]5(C(=O)NS(=O)(=O)C5(C)CC5)NC(=O)N4C3)cc(-c3cc(C(C)C)on3)nc2c1Cl. The molecule has 3 fully saturated rings. The molecule has 4 atom stereocenters. The van der Waals surface area contributed by atoms with E-state index in [2.05, 4.69) is 15.2 Å². The van der Waals surface area contributed by atoms with Crippen molar-refractivity contribution in [2.45, 2.75) is 94.1 Å². The first kappa shape index (κ1) is 37.0. The third-order valence-corrected chi connectivity index (χ3v) is 13.5. The van der Waals surface area contributed by atoms with Crippen molar-refractivity contribution in [1.82, 2.24) is 30.0 Å². The van der Waals surface area contributed by atoms with Crippen molar-refractivity contribution in [2.24, 2.45) is 5.92 Å². The van der Waals surface area contributed by atoms with Crippen LogP contribution in [-0.2, 0) is 19.6 Å². The molecule has 53 heavy (non-hydrogen) atoms. The molecule has 14 nitrogen and oxygen atoms in total. The maximum atomic E-state index is 14.2. The van der Waals surface area contributed by atoms with Crippen molar-refractivity contribution < 1.29 is 36.8 Å². The van der Waals surface area contributed by atoms with Gasteiger partial charge in [0.2, 0.25) is 15.9 Å². The molecule has 4 aliphatic rings. The number of carbonyl (C=O) groups excluding carboxylic acids is 3. The Labute approximate surface area is 313 Å². The number of amides is 4. The molecule has 0 radical (unpaired) electrons. The van der Waals surface area contributed by atoms with Gasteiger partial charge in [-0.15, -0.1) is 0 Å². The average Bonchev–Trinajstić information content (AvgIpc) is 3.89. The minimum Gasteiger partial charge on any atom is -0.495 e. The van der Waals surface area contributed by atoms with Crippen LogP contribution < -0.4 is 19.5 Å². The van der Waals surface area contributed by atoms with Gasteiger partial charge in [0, 0.05) is 49.4 Å². The van der Waals surface area contributed by atoms with Crippen molar-refractivity contribution in [3.05, 3.63) is 47.2 Å². The van der Waals surface area contributed by atoms with E-state index < -0.39 is 50.3 Å². The normalized spacial score (nSPS) is 26.4. The molecule has 2 saturated carbocycles. The van der Waals surface area contributed by atoms with E-state index in [0.717, 1.165) is 19.3 Å². The number of sulfonamides is 1. The van der Waals surface area contributed by atoms with Crippen molar-refractivity contribution in [3.63, 3.8) is 0 Å². The summed E-state index contributed by atoms with van der Waals surface area (Å²) in [4.78, 5) is 49.8. The zero-order valence-corrected chi connectivity index (χ0v) is 32.1. The fraction of sp³-hybridized carbons (Fsp3) is 0.541. The van der Waals surface area contributed by atoms with Gasteiger partial charge in [-0.2, -0.15) is 0 Å². The number of allylic oxidation sites excluding steroid dienone is 1. The number of hydrogen-bond acceptors (Lipinski definition) is 10. The first-order valence-corrected chi connectivity index (χ1v) is 19.9. The van der Waals surface area contributed by atoms with Gasteiger partial charge in [-0.05, 0) is 57.6 Å². The van der Waals surface area contributed by atoms with Gasteiger partial charge in [-0.1, -0.05) is 42.8 Å². The van der Waals surface area contributed by atoms with Crippen LogP contribution in [0.15, 0.2) is 40.9 Å². The Balaban J connectivity index is 1.21. The summed E-state index contributed by atoms with van der Waals surface area (Å²) < 4.78 is 45.1. The third-order valence-electron chi connectivity index (χ3n) is 11.0. The van der Waals surface area contributed by atoms with E-state index in [1.807, 2.05) is 32.1 Å². The van der Waals surface area contributed by atoms with E-state index in [9.17, 15) is 22.8 Å². The number of pyridine rings is 1. The lowest BCUT2D eigenvalue weighted by Gasteiger charge is -2.30. The Bertz CT molecular complexity index is 2100. The van der Waals surface area contributed by atoms with Crippen LogP contribution in [0.5, 0.6) is 11.5 Å². The number of fused-ring (bicyclic) bond motifs is 3. The second kappa shape index (κ2) is 13.8. The van der Waals surface area contributed by atoms with E-state index in [1.54, 1.807) is 37.1 Å². The number of urea groups is 1. The first-order chi connectivity index (χ1) is 25.2. The van der Waals surface area contributed by atoms with Crippen LogP contribution in [0.25, 0.3) is 22.3 Å². The number of hydrogen-bond donors (Lipinski definition) is 2. The molecule has 0 spiro atoms. The fourth-order valence-corrected chi connectivity index (χ4v) is 8.66. The molecule has 3 aromatic rings. The topological polar surface area (TPSA) is 173 Å². The Hall–Kier alpha value is -4.37. The Morgan fingerprint density at radius 3 is 2.62 bits per heavy atom. The van der Waals surface area contributed by atoms with Crippen LogP contribution in [0.2, 0.25) is 5.02 Å². The molecule has 284 valence electrons. The number of likely N-dealkylation sites (N-methyl/N-ethyl adjacent to an activating group) is 1. The van der Waals surface area contributed by atoms with Crippen LogP contribution >= 0.6 is 11.6 Å². The summed E-state index contributed by atoms with van der Waals surface area (Å²) in [5.41, 5.74) is -0.144. The smallest absolute Gasteiger partial charge is 0.319 e. The Morgan fingerprint density at radius 2 is 1.92 bits per heavy atom. The summed E-state index contributed by atoms with van der Waals surface area (Å²) in [5.74, 6) is 0.163. The number of aromatic nitrogens is 2. The second-order valence-electron chi connectivity index (χ2n) is 15.2. The highest BCUT2D eigenvalue weighted by atomic mass is 35.5. The molecule has 2 N–H and O–H groups in total. The summed E-state index contributed by atoms with van der Waals surface area (Å²) in [6.07, 6.45) is 6.76. The van der Waals surface area contributed by atoms with Crippen molar-refractivity contribution in [1.29, 1.82) is 0 Å². The first-order valence-electron chi connectivity index (χ1n) is 18.0. The van der Waals surface area contributed by atoms with E-state index in [-0.39, 0.29) is 36.2 Å². The number of halogens is 1. The summed E-state index contributed by atoms with van der Waals surface area (Å²) in [7, 11) is -0.732. The van der Waals surface area contributed by atoms with Crippen LogP contribution in [0.1, 0.15) is 77.4 Å². The molecular formula is C37H45ClN6O8S. The van der Waals surface area contributed by atoms with Gasteiger partial charge in [0.1, 0.15) is 45.7 Å². The molecule has 7 rings (SSSR count). The monoisotopic (exact) mass is 768 g/mol. The lowest BCUT2D eigenvalue weighted by molar-refractivity contribution is -0.134. The molecule has 2 aromatic heterocycles. The zero-order chi connectivity index (χ0) is 37.9.